The first-order chi connectivity index (χ1) is 9.76. The third-order valence-corrected chi connectivity index (χ3v) is 4.35. The van der Waals surface area contributed by atoms with Crippen LogP contribution in [0.2, 0.25) is 0 Å². The highest BCUT2D eigenvalue weighted by atomic mass is 15.3. The molecular formula is C16H28N4. The Balaban J connectivity index is 2.19. The van der Waals surface area contributed by atoms with Gasteiger partial charge in [0.1, 0.15) is 0 Å². The summed E-state index contributed by atoms with van der Waals surface area (Å²) in [6.45, 7) is 13.4. The molecule has 2 rings (SSSR count). The molecule has 1 aliphatic rings. The molecule has 0 amide bonds. The number of rotatable bonds is 6. The van der Waals surface area contributed by atoms with Gasteiger partial charge >= 0.3 is 0 Å². The van der Waals surface area contributed by atoms with Crippen LogP contribution in [0, 0.1) is 0 Å². The summed E-state index contributed by atoms with van der Waals surface area (Å²) in [4.78, 5) is 9.46. The molecule has 1 N–H and O–H groups in total. The SMILES string of the molecule is CCN(CC)CC(c1cccnc1)N1CCNCC1C. The number of hydrogen-bond donors (Lipinski definition) is 1. The largest absolute Gasteiger partial charge is 0.314 e. The van der Waals surface area contributed by atoms with Crippen molar-refractivity contribution in [3.8, 4) is 0 Å². The molecule has 0 saturated carbocycles. The van der Waals surface area contributed by atoms with Gasteiger partial charge in [-0.1, -0.05) is 19.9 Å². The monoisotopic (exact) mass is 276 g/mol. The number of nitrogens with zero attached hydrogens (tertiary/aromatic N) is 3. The summed E-state index contributed by atoms with van der Waals surface area (Å²) in [6.07, 6.45) is 3.89. The highest BCUT2D eigenvalue weighted by Crippen LogP contribution is 2.24. The molecule has 2 heterocycles. The second kappa shape index (κ2) is 7.72. The van der Waals surface area contributed by atoms with Gasteiger partial charge in [0.15, 0.2) is 0 Å². The van der Waals surface area contributed by atoms with Gasteiger partial charge in [0.05, 0.1) is 0 Å². The van der Waals surface area contributed by atoms with Crippen LogP contribution in [-0.2, 0) is 0 Å². The Hall–Kier alpha value is -0.970. The number of hydrogen-bond acceptors (Lipinski definition) is 4. The lowest BCUT2D eigenvalue weighted by molar-refractivity contribution is 0.0869. The molecule has 1 fully saturated rings. The van der Waals surface area contributed by atoms with Gasteiger partial charge in [-0.15, -0.1) is 0 Å². The summed E-state index contributed by atoms with van der Waals surface area (Å²) in [6, 6.07) is 5.29. The van der Waals surface area contributed by atoms with E-state index in [0.29, 0.717) is 12.1 Å². The third-order valence-electron chi connectivity index (χ3n) is 4.35. The van der Waals surface area contributed by atoms with Gasteiger partial charge in [-0.2, -0.15) is 0 Å². The first-order valence-corrected chi connectivity index (χ1v) is 7.85. The molecule has 1 saturated heterocycles. The van der Waals surface area contributed by atoms with Crippen molar-refractivity contribution in [3.63, 3.8) is 0 Å². The van der Waals surface area contributed by atoms with Crippen LogP contribution < -0.4 is 5.32 Å². The molecule has 112 valence electrons. The van der Waals surface area contributed by atoms with Gasteiger partial charge in [-0.3, -0.25) is 9.88 Å². The van der Waals surface area contributed by atoms with E-state index in [2.05, 4.69) is 53.0 Å². The fourth-order valence-corrected chi connectivity index (χ4v) is 3.02. The lowest BCUT2D eigenvalue weighted by Crippen LogP contribution is -2.53. The van der Waals surface area contributed by atoms with E-state index in [4.69, 9.17) is 0 Å². The van der Waals surface area contributed by atoms with Crippen molar-refractivity contribution in [2.24, 2.45) is 0 Å². The molecule has 1 aliphatic heterocycles. The van der Waals surface area contributed by atoms with E-state index in [9.17, 15) is 0 Å². The van der Waals surface area contributed by atoms with Crippen LogP contribution in [0.3, 0.4) is 0 Å². The van der Waals surface area contributed by atoms with Crippen LogP contribution in [0.4, 0.5) is 0 Å². The Bertz CT molecular complexity index is 377. The number of piperazine rings is 1. The minimum absolute atomic E-state index is 0.445. The molecule has 20 heavy (non-hydrogen) atoms. The van der Waals surface area contributed by atoms with Gasteiger partial charge in [0.25, 0.3) is 0 Å². The summed E-state index contributed by atoms with van der Waals surface area (Å²) in [5.74, 6) is 0. The summed E-state index contributed by atoms with van der Waals surface area (Å²) >= 11 is 0. The highest BCUT2D eigenvalue weighted by Gasteiger charge is 2.28. The Morgan fingerprint density at radius 3 is 2.85 bits per heavy atom. The number of aromatic nitrogens is 1. The molecule has 2 atom stereocenters. The first kappa shape index (κ1) is 15.4. The minimum atomic E-state index is 0.445. The molecule has 4 heteroatoms. The molecule has 1 aromatic rings. The van der Waals surface area contributed by atoms with Crippen LogP contribution in [0.25, 0.3) is 0 Å². The average Bonchev–Trinajstić information content (AvgIpc) is 2.51. The lowest BCUT2D eigenvalue weighted by atomic mass is 10.0. The number of nitrogens with one attached hydrogen (secondary N) is 1. The van der Waals surface area contributed by atoms with Gasteiger partial charge in [-0.05, 0) is 31.6 Å². The van der Waals surface area contributed by atoms with Crippen LogP contribution in [-0.4, -0.2) is 60.1 Å². The molecule has 0 radical (unpaired) electrons. The topological polar surface area (TPSA) is 31.4 Å². The van der Waals surface area contributed by atoms with E-state index < -0.39 is 0 Å². The van der Waals surface area contributed by atoms with Gasteiger partial charge < -0.3 is 10.2 Å². The van der Waals surface area contributed by atoms with E-state index in [1.807, 2.05) is 12.4 Å². The number of pyridine rings is 1. The maximum absolute atomic E-state index is 4.32. The first-order valence-electron chi connectivity index (χ1n) is 7.85. The van der Waals surface area contributed by atoms with E-state index in [0.717, 1.165) is 39.3 Å². The predicted octanol–water partition coefficient (Wildman–Crippen LogP) is 1.76. The van der Waals surface area contributed by atoms with Crippen molar-refractivity contribution >= 4 is 0 Å². The van der Waals surface area contributed by atoms with E-state index in [-0.39, 0.29) is 0 Å². The van der Waals surface area contributed by atoms with Crippen molar-refractivity contribution in [1.82, 2.24) is 20.1 Å². The minimum Gasteiger partial charge on any atom is -0.314 e. The zero-order chi connectivity index (χ0) is 14.4. The van der Waals surface area contributed by atoms with E-state index in [1.165, 1.54) is 5.56 Å². The van der Waals surface area contributed by atoms with E-state index >= 15 is 0 Å². The summed E-state index contributed by atoms with van der Waals surface area (Å²) in [5, 5.41) is 3.48. The quantitative estimate of drug-likeness (QED) is 0.858. The van der Waals surface area contributed by atoms with Crippen LogP contribution in [0.15, 0.2) is 24.5 Å². The molecule has 4 nitrogen and oxygen atoms in total. The third kappa shape index (κ3) is 3.78. The molecule has 1 aromatic heterocycles. The number of likely N-dealkylation sites (N-methyl/N-ethyl adjacent to an activating group) is 1. The molecule has 2 unspecified atom stereocenters. The maximum atomic E-state index is 4.32. The van der Waals surface area contributed by atoms with Crippen molar-refractivity contribution in [2.75, 3.05) is 39.3 Å². The predicted molar refractivity (Wildman–Crippen MR) is 83.8 cm³/mol. The molecular weight excluding hydrogens is 248 g/mol. The van der Waals surface area contributed by atoms with Crippen LogP contribution in [0.1, 0.15) is 32.4 Å². The second-order valence-electron chi connectivity index (χ2n) is 5.58. The fraction of sp³-hybridized carbons (Fsp3) is 0.688. The molecule has 0 spiro atoms. The summed E-state index contributed by atoms with van der Waals surface area (Å²) in [7, 11) is 0. The second-order valence-corrected chi connectivity index (χ2v) is 5.58. The van der Waals surface area contributed by atoms with Crippen LogP contribution in [0.5, 0.6) is 0 Å². The Morgan fingerprint density at radius 2 is 2.25 bits per heavy atom. The molecule has 0 aliphatic carbocycles. The van der Waals surface area contributed by atoms with Gasteiger partial charge in [0.2, 0.25) is 0 Å². The van der Waals surface area contributed by atoms with Crippen molar-refractivity contribution in [2.45, 2.75) is 32.9 Å². The Labute approximate surface area is 123 Å². The smallest absolute Gasteiger partial charge is 0.0494 e. The standard InChI is InChI=1S/C16H28N4/c1-4-19(5-2)13-16(15-7-6-8-17-12-15)20-10-9-18-11-14(20)3/h6-8,12,14,16,18H,4-5,9-11,13H2,1-3H3. The fourth-order valence-electron chi connectivity index (χ4n) is 3.02. The Kier molecular flexibility index (Phi) is 5.95. The maximum Gasteiger partial charge on any atom is 0.0494 e. The van der Waals surface area contributed by atoms with Gasteiger partial charge in [-0.25, -0.2) is 0 Å². The lowest BCUT2D eigenvalue weighted by Gasteiger charge is -2.41. The van der Waals surface area contributed by atoms with Crippen molar-refractivity contribution < 1.29 is 0 Å². The van der Waals surface area contributed by atoms with Gasteiger partial charge in [0, 0.05) is 50.7 Å². The van der Waals surface area contributed by atoms with Crippen molar-refractivity contribution in [1.29, 1.82) is 0 Å². The molecule has 0 bridgehead atoms. The van der Waals surface area contributed by atoms with Crippen LogP contribution >= 0.6 is 0 Å². The summed E-state index contributed by atoms with van der Waals surface area (Å²) < 4.78 is 0. The average molecular weight is 276 g/mol. The molecule has 0 aromatic carbocycles. The van der Waals surface area contributed by atoms with E-state index in [1.54, 1.807) is 0 Å². The summed E-state index contributed by atoms with van der Waals surface area (Å²) in [5.41, 5.74) is 1.34. The Morgan fingerprint density at radius 1 is 1.45 bits per heavy atom. The van der Waals surface area contributed by atoms with Crippen molar-refractivity contribution in [3.05, 3.63) is 30.1 Å². The normalized spacial score (nSPS) is 22.1. The zero-order valence-electron chi connectivity index (χ0n) is 13.0. The highest BCUT2D eigenvalue weighted by molar-refractivity contribution is 5.15. The zero-order valence-corrected chi connectivity index (χ0v) is 13.0.